The molecule has 2 atom stereocenters. The lowest BCUT2D eigenvalue weighted by Crippen LogP contribution is -2.32. The van der Waals surface area contributed by atoms with Gasteiger partial charge in [-0.1, -0.05) is 6.07 Å². The van der Waals surface area contributed by atoms with Gasteiger partial charge < -0.3 is 4.90 Å². The number of fused-ring (bicyclic) bond motifs is 1. The second-order valence-corrected chi connectivity index (χ2v) is 6.83. The van der Waals surface area contributed by atoms with Gasteiger partial charge in [0.25, 0.3) is 0 Å². The summed E-state index contributed by atoms with van der Waals surface area (Å²) >= 11 is 1.79. The monoisotopic (exact) mass is 299 g/mol. The van der Waals surface area contributed by atoms with Crippen LogP contribution >= 0.6 is 11.3 Å². The number of amides is 1. The first-order valence-corrected chi connectivity index (χ1v) is 8.15. The summed E-state index contributed by atoms with van der Waals surface area (Å²) in [6, 6.07) is 8.11. The highest BCUT2D eigenvalue weighted by molar-refractivity contribution is 7.09. The fraction of sp³-hybridized carbons (Fsp3) is 0.375. The van der Waals surface area contributed by atoms with Gasteiger partial charge in [0, 0.05) is 43.2 Å². The van der Waals surface area contributed by atoms with Crippen LogP contribution in [0.2, 0.25) is 0 Å². The summed E-state index contributed by atoms with van der Waals surface area (Å²) in [7, 11) is 0. The summed E-state index contributed by atoms with van der Waals surface area (Å²) in [5.74, 6) is 0.879. The Labute approximate surface area is 128 Å². The Kier molecular flexibility index (Phi) is 3.24. The molecular formula is C16H17N3OS. The summed E-state index contributed by atoms with van der Waals surface area (Å²) in [6.45, 7) is 3.71. The summed E-state index contributed by atoms with van der Waals surface area (Å²) < 4.78 is 0. The van der Waals surface area contributed by atoms with Crippen LogP contribution in [0.1, 0.15) is 4.88 Å². The molecule has 2 aromatic rings. The lowest BCUT2D eigenvalue weighted by Gasteiger charge is -2.21. The number of carbonyl (C=O) groups excluding carboxylic acids is 1. The van der Waals surface area contributed by atoms with Crippen LogP contribution in [0.3, 0.4) is 0 Å². The second kappa shape index (κ2) is 5.24. The van der Waals surface area contributed by atoms with E-state index < -0.39 is 0 Å². The van der Waals surface area contributed by atoms with Crippen LogP contribution in [-0.2, 0) is 11.3 Å². The van der Waals surface area contributed by atoms with Crippen molar-refractivity contribution in [2.75, 3.05) is 24.5 Å². The van der Waals surface area contributed by atoms with Crippen molar-refractivity contribution in [1.29, 1.82) is 0 Å². The van der Waals surface area contributed by atoms with E-state index in [4.69, 9.17) is 0 Å². The van der Waals surface area contributed by atoms with Gasteiger partial charge in [0.1, 0.15) is 0 Å². The van der Waals surface area contributed by atoms with E-state index in [-0.39, 0.29) is 11.8 Å². The average Bonchev–Trinajstić information content (AvgIpc) is 3.20. The third-order valence-electron chi connectivity index (χ3n) is 4.43. The number of likely N-dealkylation sites (tertiary alicyclic amines) is 1. The van der Waals surface area contributed by atoms with Crippen molar-refractivity contribution in [2.45, 2.75) is 6.54 Å². The first kappa shape index (κ1) is 13.0. The molecule has 2 aliphatic rings. The van der Waals surface area contributed by atoms with E-state index in [0.717, 1.165) is 31.9 Å². The molecule has 4 nitrogen and oxygen atoms in total. The van der Waals surface area contributed by atoms with Crippen molar-refractivity contribution in [3.05, 3.63) is 46.9 Å². The average molecular weight is 299 g/mol. The first-order chi connectivity index (χ1) is 10.3. The van der Waals surface area contributed by atoms with Gasteiger partial charge >= 0.3 is 0 Å². The number of nitrogens with zero attached hydrogens (tertiary/aromatic N) is 3. The third kappa shape index (κ3) is 2.36. The first-order valence-electron chi connectivity index (χ1n) is 7.27. The SMILES string of the molecule is O=C1[C@@H]2CN(Cc3cccs3)C[C@@H]2CN1c1cccnc1. The summed E-state index contributed by atoms with van der Waals surface area (Å²) in [5.41, 5.74) is 0.932. The molecule has 0 radical (unpaired) electrons. The molecule has 4 heterocycles. The largest absolute Gasteiger partial charge is 0.310 e. The normalized spacial score (nSPS) is 25.5. The van der Waals surface area contributed by atoms with Crippen LogP contribution in [0, 0.1) is 11.8 Å². The lowest BCUT2D eigenvalue weighted by molar-refractivity contribution is -0.120. The van der Waals surface area contributed by atoms with Gasteiger partial charge in [0.15, 0.2) is 0 Å². The van der Waals surface area contributed by atoms with Gasteiger partial charge in [-0.3, -0.25) is 14.7 Å². The minimum Gasteiger partial charge on any atom is -0.310 e. The van der Waals surface area contributed by atoms with Crippen molar-refractivity contribution in [1.82, 2.24) is 9.88 Å². The molecule has 1 amide bonds. The lowest BCUT2D eigenvalue weighted by atomic mass is 10.0. The van der Waals surface area contributed by atoms with Crippen molar-refractivity contribution in [3.63, 3.8) is 0 Å². The van der Waals surface area contributed by atoms with Crippen LogP contribution in [0.4, 0.5) is 5.69 Å². The third-order valence-corrected chi connectivity index (χ3v) is 5.30. The van der Waals surface area contributed by atoms with Gasteiger partial charge in [0.2, 0.25) is 5.91 Å². The highest BCUT2D eigenvalue weighted by Gasteiger charge is 2.46. The second-order valence-electron chi connectivity index (χ2n) is 5.80. The molecular weight excluding hydrogens is 282 g/mol. The number of hydrogen-bond acceptors (Lipinski definition) is 4. The molecule has 2 saturated heterocycles. The smallest absolute Gasteiger partial charge is 0.231 e. The van der Waals surface area contributed by atoms with E-state index in [2.05, 4.69) is 27.4 Å². The fourth-order valence-corrected chi connectivity index (χ4v) is 4.19. The van der Waals surface area contributed by atoms with Crippen LogP contribution in [0.5, 0.6) is 0 Å². The Morgan fingerprint density at radius 2 is 2.19 bits per heavy atom. The summed E-state index contributed by atoms with van der Waals surface area (Å²) in [4.78, 5) is 22.4. The maximum atomic E-state index is 12.6. The quantitative estimate of drug-likeness (QED) is 0.872. The molecule has 2 fully saturated rings. The summed E-state index contributed by atoms with van der Waals surface area (Å²) in [5, 5.41) is 2.11. The Balaban J connectivity index is 1.45. The van der Waals surface area contributed by atoms with E-state index in [1.165, 1.54) is 4.88 Å². The molecule has 0 aromatic carbocycles. The van der Waals surface area contributed by atoms with Crippen molar-refractivity contribution in [2.24, 2.45) is 11.8 Å². The van der Waals surface area contributed by atoms with Crippen LogP contribution < -0.4 is 4.90 Å². The standard InChI is InChI=1S/C16H17N3OS/c20-16-15-11-18(10-14-4-2-6-21-14)8-12(15)9-19(16)13-3-1-5-17-7-13/h1-7,12,15H,8-11H2/t12-,15-/m1/s1. The number of carbonyl (C=O) groups is 1. The van der Waals surface area contributed by atoms with Crippen LogP contribution in [0.15, 0.2) is 42.0 Å². The van der Waals surface area contributed by atoms with Gasteiger partial charge in [-0.05, 0) is 23.6 Å². The van der Waals surface area contributed by atoms with E-state index in [9.17, 15) is 4.79 Å². The highest BCUT2D eigenvalue weighted by atomic mass is 32.1. The Hall–Kier alpha value is -1.72. The molecule has 0 aliphatic carbocycles. The van der Waals surface area contributed by atoms with Crippen LogP contribution in [-0.4, -0.2) is 35.4 Å². The molecule has 2 aromatic heterocycles. The molecule has 0 bridgehead atoms. The van der Waals surface area contributed by atoms with Gasteiger partial charge in [-0.25, -0.2) is 0 Å². The zero-order chi connectivity index (χ0) is 14.2. The summed E-state index contributed by atoms with van der Waals surface area (Å²) in [6.07, 6.45) is 3.52. The minimum atomic E-state index is 0.158. The maximum Gasteiger partial charge on any atom is 0.231 e. The van der Waals surface area contributed by atoms with Crippen LogP contribution in [0.25, 0.3) is 0 Å². The number of thiophene rings is 1. The molecule has 5 heteroatoms. The zero-order valence-corrected chi connectivity index (χ0v) is 12.5. The topological polar surface area (TPSA) is 36.4 Å². The number of aromatic nitrogens is 1. The molecule has 0 N–H and O–H groups in total. The molecule has 0 saturated carbocycles. The number of hydrogen-bond donors (Lipinski definition) is 0. The van der Waals surface area contributed by atoms with Crippen molar-refractivity contribution < 1.29 is 4.79 Å². The Morgan fingerprint density at radius 3 is 2.90 bits per heavy atom. The highest BCUT2D eigenvalue weighted by Crippen LogP contribution is 2.35. The van der Waals surface area contributed by atoms with E-state index in [1.54, 1.807) is 23.7 Å². The van der Waals surface area contributed by atoms with E-state index >= 15 is 0 Å². The molecule has 2 aliphatic heterocycles. The molecule has 4 rings (SSSR count). The fourth-order valence-electron chi connectivity index (χ4n) is 3.45. The molecule has 0 unspecified atom stereocenters. The zero-order valence-electron chi connectivity index (χ0n) is 11.7. The predicted octanol–water partition coefficient (Wildman–Crippen LogP) is 2.24. The van der Waals surface area contributed by atoms with E-state index in [0.29, 0.717) is 5.92 Å². The maximum absolute atomic E-state index is 12.6. The van der Waals surface area contributed by atoms with Gasteiger partial charge in [-0.15, -0.1) is 11.3 Å². The van der Waals surface area contributed by atoms with Gasteiger partial charge in [0.05, 0.1) is 17.8 Å². The van der Waals surface area contributed by atoms with Gasteiger partial charge in [-0.2, -0.15) is 0 Å². The minimum absolute atomic E-state index is 0.158. The number of anilines is 1. The number of rotatable bonds is 3. The molecule has 0 spiro atoms. The molecule has 21 heavy (non-hydrogen) atoms. The van der Waals surface area contributed by atoms with Crippen molar-refractivity contribution >= 4 is 22.9 Å². The Bertz CT molecular complexity index is 628. The predicted molar refractivity (Wildman–Crippen MR) is 83.2 cm³/mol. The Morgan fingerprint density at radius 1 is 1.24 bits per heavy atom. The van der Waals surface area contributed by atoms with Crippen molar-refractivity contribution in [3.8, 4) is 0 Å². The molecule has 108 valence electrons. The number of pyridine rings is 1. The van der Waals surface area contributed by atoms with E-state index in [1.807, 2.05) is 17.0 Å².